The predicted octanol–water partition coefficient (Wildman–Crippen LogP) is 3.06. The molecular weight excluding hydrogens is 267 g/mol. The number of rotatable bonds is 7. The first-order chi connectivity index (χ1) is 9.42. The summed E-state index contributed by atoms with van der Waals surface area (Å²) in [4.78, 5) is 22.9. The Kier molecular flexibility index (Phi) is 5.42. The van der Waals surface area contributed by atoms with Gasteiger partial charge in [0.1, 0.15) is 17.1 Å². The van der Waals surface area contributed by atoms with Gasteiger partial charge >= 0.3 is 5.97 Å². The van der Waals surface area contributed by atoms with E-state index in [1.807, 2.05) is 13.8 Å². The van der Waals surface area contributed by atoms with Gasteiger partial charge in [0.05, 0.1) is 4.92 Å². The van der Waals surface area contributed by atoms with Gasteiger partial charge in [0, 0.05) is 25.2 Å². The molecule has 0 fully saturated rings. The van der Waals surface area contributed by atoms with Crippen molar-refractivity contribution >= 4 is 17.3 Å². The van der Waals surface area contributed by atoms with Gasteiger partial charge in [0.2, 0.25) is 0 Å². The van der Waals surface area contributed by atoms with Crippen LogP contribution in [0.25, 0.3) is 0 Å². The summed E-state index contributed by atoms with van der Waals surface area (Å²) in [6, 6.07) is 1.71. The number of benzene rings is 1. The maximum Gasteiger partial charge on any atom is 0.338 e. The molecule has 0 aromatic heterocycles. The van der Waals surface area contributed by atoms with Crippen LogP contribution >= 0.6 is 0 Å². The third-order valence-electron chi connectivity index (χ3n) is 3.00. The lowest BCUT2D eigenvalue weighted by Crippen LogP contribution is -2.25. The molecule has 0 unspecified atom stereocenters. The summed E-state index contributed by atoms with van der Waals surface area (Å²) in [5.74, 6) is -2.48. The number of nitro benzene ring substituents is 1. The molecule has 0 bridgehead atoms. The zero-order valence-electron chi connectivity index (χ0n) is 11.4. The normalized spacial score (nSPS) is 10.3. The molecule has 0 saturated carbocycles. The highest BCUT2D eigenvalue weighted by Gasteiger charge is 2.24. The number of hydrogen-bond donors (Lipinski definition) is 1. The molecule has 1 aromatic rings. The van der Waals surface area contributed by atoms with Crippen molar-refractivity contribution in [3.05, 3.63) is 33.6 Å². The highest BCUT2D eigenvalue weighted by atomic mass is 19.1. The Labute approximate surface area is 116 Å². The number of nitrogens with zero attached hydrogens (tertiary/aromatic N) is 2. The van der Waals surface area contributed by atoms with Crippen molar-refractivity contribution in [3.8, 4) is 0 Å². The monoisotopic (exact) mass is 284 g/mol. The topological polar surface area (TPSA) is 83.7 Å². The van der Waals surface area contributed by atoms with Gasteiger partial charge in [-0.25, -0.2) is 9.18 Å². The Morgan fingerprint density at radius 3 is 2.55 bits per heavy atom. The number of carboxylic acid groups (broad SMARTS) is 1. The van der Waals surface area contributed by atoms with Gasteiger partial charge < -0.3 is 10.0 Å². The quantitative estimate of drug-likeness (QED) is 0.614. The number of anilines is 1. The summed E-state index contributed by atoms with van der Waals surface area (Å²) in [6.07, 6.45) is 1.72. The van der Waals surface area contributed by atoms with Crippen LogP contribution in [0.1, 0.15) is 37.0 Å². The Bertz CT molecular complexity index is 519. The van der Waals surface area contributed by atoms with E-state index in [1.54, 1.807) is 4.90 Å². The maximum absolute atomic E-state index is 13.7. The van der Waals surface area contributed by atoms with Crippen molar-refractivity contribution in [2.75, 3.05) is 18.0 Å². The van der Waals surface area contributed by atoms with Crippen LogP contribution in [0.2, 0.25) is 0 Å². The molecule has 0 saturated heterocycles. The number of hydrogen-bond acceptors (Lipinski definition) is 4. The number of unbranched alkanes of at least 4 members (excludes halogenated alkanes) is 1. The van der Waals surface area contributed by atoms with E-state index in [1.165, 1.54) is 0 Å². The fourth-order valence-electron chi connectivity index (χ4n) is 1.91. The van der Waals surface area contributed by atoms with Crippen LogP contribution in [0.5, 0.6) is 0 Å². The van der Waals surface area contributed by atoms with E-state index < -0.39 is 22.3 Å². The van der Waals surface area contributed by atoms with E-state index in [0.29, 0.717) is 13.1 Å². The van der Waals surface area contributed by atoms with E-state index in [2.05, 4.69) is 0 Å². The largest absolute Gasteiger partial charge is 0.478 e. The van der Waals surface area contributed by atoms with Crippen LogP contribution in [-0.4, -0.2) is 29.1 Å². The van der Waals surface area contributed by atoms with Gasteiger partial charge in [-0.1, -0.05) is 13.3 Å². The van der Waals surface area contributed by atoms with Gasteiger partial charge in [-0.3, -0.25) is 10.1 Å². The molecule has 0 aliphatic heterocycles. The average molecular weight is 284 g/mol. The number of aromatic carboxylic acids is 1. The van der Waals surface area contributed by atoms with Gasteiger partial charge in [-0.15, -0.1) is 0 Å². The zero-order chi connectivity index (χ0) is 15.3. The molecule has 110 valence electrons. The minimum atomic E-state index is -1.52. The minimum Gasteiger partial charge on any atom is -0.478 e. The van der Waals surface area contributed by atoms with Crippen LogP contribution < -0.4 is 4.90 Å². The molecule has 0 amide bonds. The molecule has 0 atom stereocenters. The first kappa shape index (κ1) is 15.9. The Balaban J connectivity index is 3.33. The van der Waals surface area contributed by atoms with Crippen molar-refractivity contribution < 1.29 is 19.2 Å². The molecular formula is C13H17FN2O4. The third-order valence-corrected chi connectivity index (χ3v) is 3.00. The SMILES string of the molecule is CCCCN(CC)c1cc(F)c(C(=O)O)cc1[N+](=O)[O-]. The van der Waals surface area contributed by atoms with E-state index >= 15 is 0 Å². The summed E-state index contributed by atoms with van der Waals surface area (Å²) in [6.45, 7) is 4.82. The number of nitro groups is 1. The van der Waals surface area contributed by atoms with Crippen molar-refractivity contribution in [1.82, 2.24) is 0 Å². The number of carboxylic acids is 1. The fourth-order valence-corrected chi connectivity index (χ4v) is 1.91. The number of carbonyl (C=O) groups is 1. The molecule has 1 rings (SSSR count). The predicted molar refractivity (Wildman–Crippen MR) is 72.8 cm³/mol. The highest BCUT2D eigenvalue weighted by molar-refractivity contribution is 5.90. The second-order valence-electron chi connectivity index (χ2n) is 4.32. The summed E-state index contributed by atoms with van der Waals surface area (Å²) in [7, 11) is 0. The van der Waals surface area contributed by atoms with Crippen molar-refractivity contribution in [2.45, 2.75) is 26.7 Å². The molecule has 0 heterocycles. The molecule has 0 aliphatic rings. The van der Waals surface area contributed by atoms with E-state index in [-0.39, 0.29) is 11.4 Å². The van der Waals surface area contributed by atoms with Crippen molar-refractivity contribution in [3.63, 3.8) is 0 Å². The molecule has 0 radical (unpaired) electrons. The first-order valence-electron chi connectivity index (χ1n) is 6.38. The van der Waals surface area contributed by atoms with Crippen molar-refractivity contribution in [2.24, 2.45) is 0 Å². The van der Waals surface area contributed by atoms with Gasteiger partial charge in [0.25, 0.3) is 5.69 Å². The lowest BCUT2D eigenvalue weighted by Gasteiger charge is -2.22. The molecule has 1 aromatic carbocycles. The average Bonchev–Trinajstić information content (AvgIpc) is 2.38. The maximum atomic E-state index is 13.7. The van der Waals surface area contributed by atoms with Crippen LogP contribution in [0, 0.1) is 15.9 Å². The lowest BCUT2D eigenvalue weighted by atomic mass is 10.1. The molecule has 0 aliphatic carbocycles. The van der Waals surface area contributed by atoms with E-state index in [9.17, 15) is 19.3 Å². The fraction of sp³-hybridized carbons (Fsp3) is 0.462. The smallest absolute Gasteiger partial charge is 0.338 e. The minimum absolute atomic E-state index is 0.119. The second kappa shape index (κ2) is 6.83. The van der Waals surface area contributed by atoms with Crippen LogP contribution in [0.3, 0.4) is 0 Å². The molecule has 20 heavy (non-hydrogen) atoms. The summed E-state index contributed by atoms with van der Waals surface area (Å²) < 4.78 is 13.7. The summed E-state index contributed by atoms with van der Waals surface area (Å²) in [5.41, 5.74) is -0.956. The number of halogens is 1. The summed E-state index contributed by atoms with van der Waals surface area (Å²) in [5, 5.41) is 19.9. The van der Waals surface area contributed by atoms with E-state index in [0.717, 1.165) is 25.0 Å². The lowest BCUT2D eigenvalue weighted by molar-refractivity contribution is -0.384. The van der Waals surface area contributed by atoms with Crippen molar-refractivity contribution in [1.29, 1.82) is 0 Å². The Hall–Kier alpha value is -2.18. The Morgan fingerprint density at radius 1 is 1.45 bits per heavy atom. The standard InChI is InChI=1S/C13H17FN2O4/c1-3-5-6-15(4-2)11-8-10(14)9(13(17)18)7-12(11)16(19)20/h7-8H,3-6H2,1-2H3,(H,17,18). The first-order valence-corrected chi connectivity index (χ1v) is 6.38. The molecule has 6 nitrogen and oxygen atoms in total. The van der Waals surface area contributed by atoms with Crippen LogP contribution in [-0.2, 0) is 0 Å². The molecule has 1 N–H and O–H groups in total. The van der Waals surface area contributed by atoms with Gasteiger partial charge in [-0.2, -0.15) is 0 Å². The van der Waals surface area contributed by atoms with Crippen LogP contribution in [0.4, 0.5) is 15.8 Å². The highest BCUT2D eigenvalue weighted by Crippen LogP contribution is 2.31. The van der Waals surface area contributed by atoms with E-state index in [4.69, 9.17) is 5.11 Å². The van der Waals surface area contributed by atoms with Crippen LogP contribution in [0.15, 0.2) is 12.1 Å². The molecule has 0 spiro atoms. The zero-order valence-corrected chi connectivity index (χ0v) is 11.4. The third kappa shape index (κ3) is 3.43. The molecule has 7 heteroatoms. The Morgan fingerprint density at radius 2 is 2.10 bits per heavy atom. The van der Waals surface area contributed by atoms with Gasteiger partial charge in [0.15, 0.2) is 0 Å². The van der Waals surface area contributed by atoms with Gasteiger partial charge in [-0.05, 0) is 13.3 Å². The second-order valence-corrected chi connectivity index (χ2v) is 4.32. The summed E-state index contributed by atoms with van der Waals surface area (Å²) >= 11 is 0.